The quantitative estimate of drug-likeness (QED) is 0.768. The summed E-state index contributed by atoms with van der Waals surface area (Å²) in [4.78, 5) is 15.0. The number of piperidine rings is 1. The van der Waals surface area contributed by atoms with Crippen LogP contribution in [0.15, 0.2) is 28.7 Å². The Balaban J connectivity index is 1.70. The number of hydrogen-bond acceptors (Lipinski definition) is 2. The van der Waals surface area contributed by atoms with Gasteiger partial charge in [-0.3, -0.25) is 9.69 Å². The Morgan fingerprint density at radius 3 is 2.75 bits per heavy atom. The van der Waals surface area contributed by atoms with Gasteiger partial charge in [0, 0.05) is 16.1 Å². The van der Waals surface area contributed by atoms with Crippen LogP contribution in [0, 0.1) is 5.92 Å². The molecule has 0 amide bonds. The SMILES string of the molecule is O=C(CN1CCCC2CCCCC21)c1ccccc1Br. The lowest BCUT2D eigenvalue weighted by atomic mass is 9.78. The number of carbonyl (C=O) groups excluding carboxylic acids is 1. The van der Waals surface area contributed by atoms with Crippen molar-refractivity contribution in [3.8, 4) is 0 Å². The first-order chi connectivity index (χ1) is 9.75. The summed E-state index contributed by atoms with van der Waals surface area (Å²) in [5, 5.41) is 0. The molecule has 2 fully saturated rings. The summed E-state index contributed by atoms with van der Waals surface area (Å²) in [6, 6.07) is 8.43. The van der Waals surface area contributed by atoms with Crippen molar-refractivity contribution in [3.63, 3.8) is 0 Å². The molecule has 108 valence electrons. The molecule has 3 heteroatoms. The van der Waals surface area contributed by atoms with Gasteiger partial charge in [-0.1, -0.05) is 47.0 Å². The van der Waals surface area contributed by atoms with Gasteiger partial charge in [-0.15, -0.1) is 0 Å². The second kappa shape index (κ2) is 6.40. The molecule has 20 heavy (non-hydrogen) atoms. The summed E-state index contributed by atoms with van der Waals surface area (Å²) in [5.74, 6) is 1.09. The highest BCUT2D eigenvalue weighted by molar-refractivity contribution is 9.10. The van der Waals surface area contributed by atoms with Crippen LogP contribution < -0.4 is 0 Å². The topological polar surface area (TPSA) is 20.3 Å². The fourth-order valence-corrected chi connectivity index (χ4v) is 4.39. The average Bonchev–Trinajstić information content (AvgIpc) is 2.48. The van der Waals surface area contributed by atoms with Gasteiger partial charge in [-0.05, 0) is 44.2 Å². The monoisotopic (exact) mass is 335 g/mol. The van der Waals surface area contributed by atoms with Gasteiger partial charge in [-0.25, -0.2) is 0 Å². The van der Waals surface area contributed by atoms with Gasteiger partial charge in [0.25, 0.3) is 0 Å². The van der Waals surface area contributed by atoms with Crippen molar-refractivity contribution < 1.29 is 4.79 Å². The number of ketones is 1. The van der Waals surface area contributed by atoms with Crippen molar-refractivity contribution >= 4 is 21.7 Å². The van der Waals surface area contributed by atoms with Gasteiger partial charge < -0.3 is 0 Å². The molecule has 1 aromatic carbocycles. The van der Waals surface area contributed by atoms with Crippen LogP contribution in [-0.4, -0.2) is 29.8 Å². The number of benzene rings is 1. The summed E-state index contributed by atoms with van der Waals surface area (Å²) >= 11 is 3.49. The van der Waals surface area contributed by atoms with E-state index in [4.69, 9.17) is 0 Å². The number of carbonyl (C=O) groups is 1. The highest BCUT2D eigenvalue weighted by Crippen LogP contribution is 2.35. The number of likely N-dealkylation sites (tertiary alicyclic amines) is 1. The smallest absolute Gasteiger partial charge is 0.177 e. The normalized spacial score (nSPS) is 27.1. The van der Waals surface area contributed by atoms with Gasteiger partial charge in [0.1, 0.15) is 0 Å². The van der Waals surface area contributed by atoms with Crippen LogP contribution in [0.4, 0.5) is 0 Å². The Labute approximate surface area is 129 Å². The molecule has 1 heterocycles. The lowest BCUT2D eigenvalue weighted by Gasteiger charge is -2.43. The van der Waals surface area contributed by atoms with Gasteiger partial charge in [0.15, 0.2) is 5.78 Å². The highest BCUT2D eigenvalue weighted by Gasteiger charge is 2.34. The molecule has 2 unspecified atom stereocenters. The Hall–Kier alpha value is -0.670. The number of Topliss-reactive ketones (excluding diaryl/α,β-unsaturated/α-hetero) is 1. The van der Waals surface area contributed by atoms with Crippen molar-refractivity contribution in [3.05, 3.63) is 34.3 Å². The fourth-order valence-electron chi connectivity index (χ4n) is 3.88. The van der Waals surface area contributed by atoms with E-state index in [1.54, 1.807) is 0 Å². The number of halogens is 1. The van der Waals surface area contributed by atoms with Crippen LogP contribution in [0.1, 0.15) is 48.9 Å². The minimum absolute atomic E-state index is 0.253. The van der Waals surface area contributed by atoms with Gasteiger partial charge in [0.05, 0.1) is 6.54 Å². The molecule has 1 aromatic rings. The minimum Gasteiger partial charge on any atom is -0.293 e. The summed E-state index contributed by atoms with van der Waals surface area (Å²) in [5.41, 5.74) is 0.824. The fraction of sp³-hybridized carbons (Fsp3) is 0.588. The number of rotatable bonds is 3. The first-order valence-electron chi connectivity index (χ1n) is 7.77. The van der Waals surface area contributed by atoms with Crippen molar-refractivity contribution in [1.29, 1.82) is 0 Å². The Morgan fingerprint density at radius 2 is 1.90 bits per heavy atom. The molecule has 2 atom stereocenters. The molecule has 1 aliphatic heterocycles. The van der Waals surface area contributed by atoms with Crippen LogP contribution in [0.3, 0.4) is 0 Å². The Bertz CT molecular complexity index is 486. The predicted molar refractivity (Wildman–Crippen MR) is 85.0 cm³/mol. The zero-order valence-corrected chi connectivity index (χ0v) is 13.4. The number of hydrogen-bond donors (Lipinski definition) is 0. The van der Waals surface area contributed by atoms with Gasteiger partial charge in [0.2, 0.25) is 0 Å². The summed E-state index contributed by atoms with van der Waals surface area (Å²) in [6.45, 7) is 1.68. The molecule has 1 saturated heterocycles. The van der Waals surface area contributed by atoms with Crippen molar-refractivity contribution in [2.75, 3.05) is 13.1 Å². The molecule has 0 bridgehead atoms. The van der Waals surface area contributed by atoms with Crippen molar-refractivity contribution in [2.45, 2.75) is 44.6 Å². The van der Waals surface area contributed by atoms with E-state index in [-0.39, 0.29) is 5.78 Å². The van der Waals surface area contributed by atoms with E-state index in [0.717, 1.165) is 22.5 Å². The van der Waals surface area contributed by atoms with Crippen molar-refractivity contribution in [1.82, 2.24) is 4.90 Å². The van der Waals surface area contributed by atoms with Crippen LogP contribution in [0.25, 0.3) is 0 Å². The first kappa shape index (κ1) is 14.3. The molecule has 0 aromatic heterocycles. The lowest BCUT2D eigenvalue weighted by Crippen LogP contribution is -2.48. The van der Waals surface area contributed by atoms with E-state index in [2.05, 4.69) is 20.8 Å². The molecule has 0 radical (unpaired) electrons. The van der Waals surface area contributed by atoms with E-state index >= 15 is 0 Å². The number of fused-ring (bicyclic) bond motifs is 1. The zero-order valence-electron chi connectivity index (χ0n) is 11.9. The standard InChI is InChI=1S/C17H22BrNO/c18-15-9-3-2-8-14(15)17(20)12-19-11-5-7-13-6-1-4-10-16(13)19/h2-3,8-9,13,16H,1,4-7,10-12H2. The van der Waals surface area contributed by atoms with Crippen LogP contribution in [-0.2, 0) is 0 Å². The lowest BCUT2D eigenvalue weighted by molar-refractivity contribution is 0.0539. The molecular formula is C17H22BrNO. The molecule has 0 N–H and O–H groups in total. The summed E-state index contributed by atoms with van der Waals surface area (Å²) < 4.78 is 0.919. The summed E-state index contributed by atoms with van der Waals surface area (Å²) in [6.07, 6.45) is 7.99. The molecule has 1 aliphatic carbocycles. The molecular weight excluding hydrogens is 314 g/mol. The van der Waals surface area contributed by atoms with Gasteiger partial charge in [-0.2, -0.15) is 0 Å². The molecule has 3 rings (SSSR count). The van der Waals surface area contributed by atoms with E-state index in [0.29, 0.717) is 12.6 Å². The van der Waals surface area contributed by atoms with Crippen LogP contribution in [0.5, 0.6) is 0 Å². The Kier molecular flexibility index (Phi) is 4.57. The van der Waals surface area contributed by atoms with Gasteiger partial charge >= 0.3 is 0 Å². The maximum Gasteiger partial charge on any atom is 0.177 e. The summed E-state index contributed by atoms with van der Waals surface area (Å²) in [7, 11) is 0. The number of nitrogens with zero attached hydrogens (tertiary/aromatic N) is 1. The molecule has 1 saturated carbocycles. The first-order valence-corrected chi connectivity index (χ1v) is 8.57. The second-order valence-electron chi connectivity index (χ2n) is 6.13. The Morgan fingerprint density at radius 1 is 1.15 bits per heavy atom. The van der Waals surface area contributed by atoms with Crippen LogP contribution >= 0.6 is 15.9 Å². The maximum atomic E-state index is 12.5. The van der Waals surface area contributed by atoms with E-state index < -0.39 is 0 Å². The zero-order chi connectivity index (χ0) is 13.9. The third-order valence-electron chi connectivity index (χ3n) is 4.88. The van der Waals surface area contributed by atoms with E-state index in [1.165, 1.54) is 38.5 Å². The predicted octanol–water partition coefficient (Wildman–Crippen LogP) is 4.29. The van der Waals surface area contributed by atoms with E-state index in [9.17, 15) is 4.79 Å². The second-order valence-corrected chi connectivity index (χ2v) is 6.98. The minimum atomic E-state index is 0.253. The van der Waals surface area contributed by atoms with E-state index in [1.807, 2.05) is 24.3 Å². The largest absolute Gasteiger partial charge is 0.293 e. The maximum absolute atomic E-state index is 12.5. The van der Waals surface area contributed by atoms with Crippen LogP contribution in [0.2, 0.25) is 0 Å². The van der Waals surface area contributed by atoms with Crippen molar-refractivity contribution in [2.24, 2.45) is 5.92 Å². The third kappa shape index (κ3) is 2.99. The molecule has 0 spiro atoms. The third-order valence-corrected chi connectivity index (χ3v) is 5.57. The molecule has 2 nitrogen and oxygen atoms in total. The average molecular weight is 336 g/mol. The highest BCUT2D eigenvalue weighted by atomic mass is 79.9. The molecule has 2 aliphatic rings.